The molecule has 1 aromatic carbocycles. The molecule has 1 fully saturated rings. The first kappa shape index (κ1) is 23.6. The van der Waals surface area contributed by atoms with Crippen molar-refractivity contribution in [1.82, 2.24) is 4.90 Å². The second-order valence-corrected chi connectivity index (χ2v) is 9.36. The predicted octanol–water partition coefficient (Wildman–Crippen LogP) is 3.51. The van der Waals surface area contributed by atoms with E-state index in [1.54, 1.807) is 53.7 Å². The van der Waals surface area contributed by atoms with E-state index in [-0.39, 0.29) is 6.54 Å². The van der Waals surface area contributed by atoms with Crippen molar-refractivity contribution in [3.8, 4) is 12.3 Å². The first-order chi connectivity index (χ1) is 13.8. The largest absolute Gasteiger partial charge is 0.509 e. The molecule has 1 amide bonds. The Balaban J connectivity index is 2.21. The van der Waals surface area contributed by atoms with Crippen molar-refractivity contribution in [3.63, 3.8) is 0 Å². The minimum atomic E-state index is -1.10. The summed E-state index contributed by atoms with van der Waals surface area (Å²) in [5.74, 6) is 2.55. The standard InChI is InChI=1S/C23H31NO6/c1-8-15-9-11-16(12-10-15)13-17-19(25)18(28-21(27)30-23(5,6)7)14-24(17)20(26)29-22(2,3)4/h1,9-12,17-19,25H,13-14H2,2-7H3/t17-,18+,19+/m1/s1. The van der Waals surface area contributed by atoms with Gasteiger partial charge in [-0.1, -0.05) is 18.1 Å². The SMILES string of the molecule is C#Cc1ccc(C[C@@H]2[C@H](O)[C@@H](OC(=O)OC(C)(C)C)CN2C(=O)OC(C)(C)C)cc1. The molecule has 2 rings (SSSR count). The molecule has 0 aromatic heterocycles. The number of likely N-dealkylation sites (tertiary alicyclic amines) is 1. The van der Waals surface area contributed by atoms with Gasteiger partial charge in [0.2, 0.25) is 0 Å². The zero-order chi connectivity index (χ0) is 22.7. The quantitative estimate of drug-likeness (QED) is 0.598. The molecule has 0 unspecified atom stereocenters. The van der Waals surface area contributed by atoms with Gasteiger partial charge in [-0.2, -0.15) is 0 Å². The number of aliphatic hydroxyl groups excluding tert-OH is 1. The lowest BCUT2D eigenvalue weighted by molar-refractivity contribution is -0.0486. The first-order valence-corrected chi connectivity index (χ1v) is 9.92. The van der Waals surface area contributed by atoms with Crippen LogP contribution < -0.4 is 0 Å². The Labute approximate surface area is 178 Å². The van der Waals surface area contributed by atoms with Crippen molar-refractivity contribution in [2.45, 2.75) is 77.4 Å². The third kappa shape index (κ3) is 6.67. The summed E-state index contributed by atoms with van der Waals surface area (Å²) in [6, 6.07) is 6.64. The van der Waals surface area contributed by atoms with E-state index in [1.807, 2.05) is 12.1 Å². The number of rotatable bonds is 3. The maximum atomic E-state index is 12.8. The van der Waals surface area contributed by atoms with Gasteiger partial charge in [0.25, 0.3) is 0 Å². The van der Waals surface area contributed by atoms with Crippen molar-refractivity contribution < 1.29 is 28.9 Å². The second kappa shape index (κ2) is 8.97. The van der Waals surface area contributed by atoms with Gasteiger partial charge in [0.05, 0.1) is 12.6 Å². The molecule has 1 aliphatic heterocycles. The van der Waals surface area contributed by atoms with E-state index in [4.69, 9.17) is 20.6 Å². The molecule has 7 heteroatoms. The third-order valence-electron chi connectivity index (χ3n) is 4.38. The fourth-order valence-corrected chi connectivity index (χ4v) is 3.11. The van der Waals surface area contributed by atoms with E-state index in [2.05, 4.69) is 5.92 Å². The first-order valence-electron chi connectivity index (χ1n) is 9.92. The summed E-state index contributed by atoms with van der Waals surface area (Å²) in [5.41, 5.74) is 0.180. The van der Waals surface area contributed by atoms with Crippen LogP contribution in [0.4, 0.5) is 9.59 Å². The van der Waals surface area contributed by atoms with Crippen LogP contribution in [0, 0.1) is 12.3 Å². The molecule has 1 saturated heterocycles. The molecular weight excluding hydrogens is 386 g/mol. The minimum Gasteiger partial charge on any atom is -0.444 e. The molecule has 0 radical (unpaired) electrons. The number of carbonyl (C=O) groups excluding carboxylic acids is 2. The Hall–Kier alpha value is -2.72. The van der Waals surface area contributed by atoms with Gasteiger partial charge >= 0.3 is 12.2 Å². The Morgan fingerprint density at radius 3 is 2.17 bits per heavy atom. The maximum absolute atomic E-state index is 12.8. The molecule has 1 aromatic rings. The van der Waals surface area contributed by atoms with Gasteiger partial charge in [0, 0.05) is 5.56 Å². The fourth-order valence-electron chi connectivity index (χ4n) is 3.11. The van der Waals surface area contributed by atoms with Crippen LogP contribution in [-0.2, 0) is 20.6 Å². The number of carbonyl (C=O) groups is 2. The van der Waals surface area contributed by atoms with Gasteiger partial charge in [0.15, 0.2) is 6.10 Å². The molecular formula is C23H31NO6. The second-order valence-electron chi connectivity index (χ2n) is 9.36. The number of aliphatic hydroxyl groups is 1. The molecule has 1 aliphatic rings. The minimum absolute atomic E-state index is 0.00241. The van der Waals surface area contributed by atoms with E-state index in [9.17, 15) is 14.7 Å². The monoisotopic (exact) mass is 417 g/mol. The highest BCUT2D eigenvalue weighted by Gasteiger charge is 2.47. The average molecular weight is 418 g/mol. The summed E-state index contributed by atoms with van der Waals surface area (Å²) in [6.07, 6.45) is 2.24. The van der Waals surface area contributed by atoms with Crippen LogP contribution in [0.2, 0.25) is 0 Å². The van der Waals surface area contributed by atoms with Gasteiger partial charge in [-0.25, -0.2) is 9.59 Å². The van der Waals surface area contributed by atoms with Crippen LogP contribution in [0.1, 0.15) is 52.7 Å². The maximum Gasteiger partial charge on any atom is 0.509 e. The number of ether oxygens (including phenoxy) is 3. The molecule has 3 atom stereocenters. The van der Waals surface area contributed by atoms with Crippen molar-refractivity contribution >= 4 is 12.2 Å². The molecule has 0 saturated carbocycles. The summed E-state index contributed by atoms with van der Waals surface area (Å²) in [4.78, 5) is 26.3. The smallest absolute Gasteiger partial charge is 0.444 e. The lowest BCUT2D eigenvalue weighted by atomic mass is 10.0. The van der Waals surface area contributed by atoms with Gasteiger partial charge < -0.3 is 19.3 Å². The Morgan fingerprint density at radius 1 is 1.10 bits per heavy atom. The van der Waals surface area contributed by atoms with E-state index in [0.29, 0.717) is 6.42 Å². The third-order valence-corrected chi connectivity index (χ3v) is 4.38. The van der Waals surface area contributed by atoms with Crippen LogP contribution >= 0.6 is 0 Å². The number of amides is 1. The summed E-state index contributed by atoms with van der Waals surface area (Å²) < 4.78 is 16.0. The fraction of sp³-hybridized carbons (Fsp3) is 0.565. The molecule has 7 nitrogen and oxygen atoms in total. The van der Waals surface area contributed by atoms with Crippen molar-refractivity contribution in [1.29, 1.82) is 0 Å². The Kier molecular flexibility index (Phi) is 7.04. The highest BCUT2D eigenvalue weighted by atomic mass is 16.7. The van der Waals surface area contributed by atoms with Crippen molar-refractivity contribution in [3.05, 3.63) is 35.4 Å². The lowest BCUT2D eigenvalue weighted by Crippen LogP contribution is -2.43. The van der Waals surface area contributed by atoms with Crippen LogP contribution in [0.5, 0.6) is 0 Å². The number of hydrogen-bond donors (Lipinski definition) is 1. The number of hydrogen-bond acceptors (Lipinski definition) is 6. The normalized spacial score (nSPS) is 21.7. The van der Waals surface area contributed by atoms with Gasteiger partial charge in [-0.3, -0.25) is 4.90 Å². The molecule has 1 N–H and O–H groups in total. The van der Waals surface area contributed by atoms with Gasteiger partial charge in [-0.05, 0) is 65.7 Å². The summed E-state index contributed by atoms with van der Waals surface area (Å²) in [5, 5.41) is 10.9. The Bertz CT molecular complexity index is 797. The molecule has 0 aliphatic carbocycles. The summed E-state index contributed by atoms with van der Waals surface area (Å²) in [6.45, 7) is 10.4. The summed E-state index contributed by atoms with van der Waals surface area (Å²) in [7, 11) is 0. The van der Waals surface area contributed by atoms with E-state index >= 15 is 0 Å². The van der Waals surface area contributed by atoms with Gasteiger partial charge in [-0.15, -0.1) is 6.42 Å². The number of nitrogens with zero attached hydrogens (tertiary/aromatic N) is 1. The van der Waals surface area contributed by atoms with E-state index in [0.717, 1.165) is 11.1 Å². The highest BCUT2D eigenvalue weighted by Crippen LogP contribution is 2.27. The van der Waals surface area contributed by atoms with Crippen LogP contribution in [0.25, 0.3) is 0 Å². The number of benzene rings is 1. The van der Waals surface area contributed by atoms with Crippen LogP contribution in [0.15, 0.2) is 24.3 Å². The van der Waals surface area contributed by atoms with Gasteiger partial charge in [0.1, 0.15) is 17.3 Å². The molecule has 0 spiro atoms. The molecule has 30 heavy (non-hydrogen) atoms. The summed E-state index contributed by atoms with van der Waals surface area (Å²) >= 11 is 0. The molecule has 0 bridgehead atoms. The topological polar surface area (TPSA) is 85.3 Å². The van der Waals surface area contributed by atoms with E-state index in [1.165, 1.54) is 4.90 Å². The zero-order valence-electron chi connectivity index (χ0n) is 18.5. The van der Waals surface area contributed by atoms with Crippen LogP contribution in [0.3, 0.4) is 0 Å². The molecule has 164 valence electrons. The van der Waals surface area contributed by atoms with E-state index < -0.39 is 41.7 Å². The van der Waals surface area contributed by atoms with Crippen molar-refractivity contribution in [2.75, 3.05) is 6.54 Å². The molecule has 1 heterocycles. The predicted molar refractivity (Wildman–Crippen MR) is 112 cm³/mol. The van der Waals surface area contributed by atoms with Crippen molar-refractivity contribution in [2.24, 2.45) is 0 Å². The van der Waals surface area contributed by atoms with Crippen LogP contribution in [-0.4, -0.2) is 58.3 Å². The average Bonchev–Trinajstić information content (AvgIpc) is 2.89. The lowest BCUT2D eigenvalue weighted by Gasteiger charge is -2.29. The highest BCUT2D eigenvalue weighted by molar-refractivity contribution is 5.69. The Morgan fingerprint density at radius 2 is 1.67 bits per heavy atom. The zero-order valence-corrected chi connectivity index (χ0v) is 18.5. The number of terminal acetylenes is 1.